The Kier molecular flexibility index (Phi) is 3.55. The lowest BCUT2D eigenvalue weighted by Gasteiger charge is -2.13. The molecule has 0 fully saturated rings. The van der Waals surface area contributed by atoms with Crippen molar-refractivity contribution in [2.75, 3.05) is 0 Å². The Hall–Kier alpha value is -0.550. The van der Waals surface area contributed by atoms with Crippen LogP contribution in [0.3, 0.4) is 0 Å². The third-order valence-corrected chi connectivity index (χ3v) is 3.85. The van der Waals surface area contributed by atoms with Crippen LogP contribution in [-0.2, 0) is 11.0 Å². The van der Waals surface area contributed by atoms with Crippen LogP contribution in [0.1, 0.15) is 32.7 Å². The molecule has 1 atom stereocenters. The second kappa shape index (κ2) is 4.31. The van der Waals surface area contributed by atoms with E-state index in [0.29, 0.717) is 0 Å². The molecule has 5 heteroatoms. The van der Waals surface area contributed by atoms with Crippen LogP contribution in [0.2, 0.25) is 0 Å². The molecule has 0 saturated heterocycles. The molecule has 1 rings (SSSR count). The first-order chi connectivity index (χ1) is 6.41. The van der Waals surface area contributed by atoms with Gasteiger partial charge < -0.3 is 0 Å². The molecule has 0 aliphatic rings. The monoisotopic (exact) mass is 230 g/mol. The van der Waals surface area contributed by atoms with Crippen molar-refractivity contribution in [3.63, 3.8) is 0 Å². The van der Waals surface area contributed by atoms with Crippen LogP contribution in [0.15, 0.2) is 16.0 Å². The molecule has 0 bridgehead atoms. The molecule has 78 valence electrons. The highest BCUT2D eigenvalue weighted by Gasteiger charge is 2.19. The standard InChI is InChI=1S/C9H14N2OS2/c1-7(8-10-5-6-13-8)11-14(12)9(2,3)4/h5-6H,1-4H3/t14-/m1/s1. The van der Waals surface area contributed by atoms with E-state index in [0.717, 1.165) is 10.7 Å². The van der Waals surface area contributed by atoms with E-state index in [1.807, 2.05) is 33.1 Å². The molecule has 0 radical (unpaired) electrons. The summed E-state index contributed by atoms with van der Waals surface area (Å²) in [5.74, 6) is 0. The number of aromatic nitrogens is 1. The minimum absolute atomic E-state index is 0.307. The lowest BCUT2D eigenvalue weighted by Crippen LogP contribution is -2.20. The number of rotatable bonds is 2. The van der Waals surface area contributed by atoms with Gasteiger partial charge in [0, 0.05) is 11.6 Å². The molecule has 0 aliphatic heterocycles. The van der Waals surface area contributed by atoms with E-state index >= 15 is 0 Å². The lowest BCUT2D eigenvalue weighted by molar-refractivity contribution is 0.650. The molecule has 0 amide bonds. The van der Waals surface area contributed by atoms with Gasteiger partial charge in [0.05, 0.1) is 10.5 Å². The molecule has 14 heavy (non-hydrogen) atoms. The molecule has 1 heterocycles. The Morgan fingerprint density at radius 1 is 1.57 bits per heavy atom. The predicted molar refractivity (Wildman–Crippen MR) is 62.2 cm³/mol. The fourth-order valence-corrected chi connectivity index (χ4v) is 1.96. The highest BCUT2D eigenvalue weighted by molar-refractivity contribution is 7.85. The fraction of sp³-hybridized carbons (Fsp3) is 0.556. The first-order valence-electron chi connectivity index (χ1n) is 4.28. The van der Waals surface area contributed by atoms with Gasteiger partial charge in [0.1, 0.15) is 16.0 Å². The fourth-order valence-electron chi connectivity index (χ4n) is 0.702. The van der Waals surface area contributed by atoms with Gasteiger partial charge in [-0.25, -0.2) is 9.19 Å². The first-order valence-corrected chi connectivity index (χ1v) is 6.27. The molecule has 1 aromatic rings. The molecule has 0 aliphatic carbocycles. The molecule has 0 aromatic carbocycles. The molecular weight excluding hydrogens is 216 g/mol. The largest absolute Gasteiger partial charge is 0.243 e. The normalized spacial score (nSPS) is 15.6. The maximum Gasteiger partial charge on any atom is 0.145 e. The summed E-state index contributed by atoms with van der Waals surface area (Å²) in [6.07, 6.45) is 1.72. The Morgan fingerprint density at radius 3 is 2.64 bits per heavy atom. The summed E-state index contributed by atoms with van der Waals surface area (Å²) in [6.45, 7) is 7.55. The lowest BCUT2D eigenvalue weighted by atomic mass is 10.3. The van der Waals surface area contributed by atoms with Crippen molar-refractivity contribution < 1.29 is 4.21 Å². The van der Waals surface area contributed by atoms with E-state index in [9.17, 15) is 4.21 Å². The van der Waals surface area contributed by atoms with Gasteiger partial charge in [-0.1, -0.05) is 0 Å². The second-order valence-electron chi connectivity index (χ2n) is 3.88. The minimum Gasteiger partial charge on any atom is -0.243 e. The molecule has 3 nitrogen and oxygen atoms in total. The maximum absolute atomic E-state index is 11.7. The summed E-state index contributed by atoms with van der Waals surface area (Å²) in [4.78, 5) is 4.10. The van der Waals surface area contributed by atoms with Gasteiger partial charge in [-0.3, -0.25) is 0 Å². The zero-order valence-corrected chi connectivity index (χ0v) is 10.4. The van der Waals surface area contributed by atoms with Gasteiger partial charge in [0.15, 0.2) is 0 Å². The third-order valence-electron chi connectivity index (χ3n) is 1.49. The third kappa shape index (κ3) is 2.99. The van der Waals surface area contributed by atoms with Crippen LogP contribution in [0.25, 0.3) is 0 Å². The van der Waals surface area contributed by atoms with Crippen LogP contribution in [-0.4, -0.2) is 19.7 Å². The first kappa shape index (κ1) is 11.5. The average Bonchev–Trinajstić information content (AvgIpc) is 2.53. The molecule has 0 saturated carbocycles. The van der Waals surface area contributed by atoms with E-state index in [4.69, 9.17) is 0 Å². The van der Waals surface area contributed by atoms with Crippen molar-refractivity contribution in [3.05, 3.63) is 16.6 Å². The van der Waals surface area contributed by atoms with Crippen molar-refractivity contribution >= 4 is 28.0 Å². The summed E-state index contributed by atoms with van der Waals surface area (Å²) in [5, 5.41) is 2.72. The van der Waals surface area contributed by atoms with E-state index in [2.05, 4.69) is 9.38 Å². The van der Waals surface area contributed by atoms with E-state index in [1.54, 1.807) is 6.20 Å². The zero-order chi connectivity index (χ0) is 10.8. The second-order valence-corrected chi connectivity index (χ2v) is 6.68. The highest BCUT2D eigenvalue weighted by Crippen LogP contribution is 2.14. The van der Waals surface area contributed by atoms with Gasteiger partial charge in [0.25, 0.3) is 0 Å². The summed E-state index contributed by atoms with van der Waals surface area (Å²) in [6, 6.07) is 0. The van der Waals surface area contributed by atoms with Gasteiger partial charge in [-0.05, 0) is 27.7 Å². The summed E-state index contributed by atoms with van der Waals surface area (Å²) in [5.41, 5.74) is 0.744. The Labute approximate surface area is 90.9 Å². The van der Waals surface area contributed by atoms with E-state index in [-0.39, 0.29) is 4.75 Å². The van der Waals surface area contributed by atoms with Crippen molar-refractivity contribution in [1.29, 1.82) is 0 Å². The molecular formula is C9H14N2OS2. The smallest absolute Gasteiger partial charge is 0.145 e. The van der Waals surface area contributed by atoms with E-state index < -0.39 is 11.0 Å². The summed E-state index contributed by atoms with van der Waals surface area (Å²) >= 11 is 1.51. The Bertz CT molecular complexity index is 349. The molecule has 0 N–H and O–H groups in total. The minimum atomic E-state index is -1.20. The number of hydrogen-bond donors (Lipinski definition) is 0. The van der Waals surface area contributed by atoms with Crippen molar-refractivity contribution in [2.45, 2.75) is 32.4 Å². The maximum atomic E-state index is 11.7. The predicted octanol–water partition coefficient (Wildman–Crippen LogP) is 2.41. The number of thiazole rings is 1. The van der Waals surface area contributed by atoms with Crippen LogP contribution < -0.4 is 0 Å². The Morgan fingerprint density at radius 2 is 2.21 bits per heavy atom. The topological polar surface area (TPSA) is 42.3 Å². The zero-order valence-electron chi connectivity index (χ0n) is 8.77. The molecule has 0 unspecified atom stereocenters. The van der Waals surface area contributed by atoms with Crippen LogP contribution >= 0.6 is 11.3 Å². The van der Waals surface area contributed by atoms with Crippen LogP contribution in [0.5, 0.6) is 0 Å². The van der Waals surface area contributed by atoms with Crippen LogP contribution in [0.4, 0.5) is 0 Å². The van der Waals surface area contributed by atoms with Gasteiger partial charge in [0.2, 0.25) is 0 Å². The van der Waals surface area contributed by atoms with Gasteiger partial charge in [-0.15, -0.1) is 11.3 Å². The Balaban J connectivity index is 2.85. The van der Waals surface area contributed by atoms with Crippen molar-refractivity contribution in [1.82, 2.24) is 4.98 Å². The molecule has 0 spiro atoms. The number of hydrogen-bond acceptors (Lipinski definition) is 3. The number of nitrogens with zero attached hydrogens (tertiary/aromatic N) is 2. The SMILES string of the molecule is CC(=N[S@](=O)C(C)(C)C)c1nccs1. The molecule has 1 aromatic heterocycles. The quantitative estimate of drug-likeness (QED) is 0.732. The summed E-state index contributed by atoms with van der Waals surface area (Å²) < 4.78 is 15.5. The van der Waals surface area contributed by atoms with Crippen molar-refractivity contribution in [2.24, 2.45) is 4.40 Å². The highest BCUT2D eigenvalue weighted by atomic mass is 32.2. The van der Waals surface area contributed by atoms with Gasteiger partial charge >= 0.3 is 0 Å². The van der Waals surface area contributed by atoms with Crippen LogP contribution in [0, 0.1) is 0 Å². The average molecular weight is 230 g/mol. The van der Waals surface area contributed by atoms with Crippen molar-refractivity contribution in [3.8, 4) is 0 Å². The summed E-state index contributed by atoms with van der Waals surface area (Å²) in [7, 11) is -1.20. The van der Waals surface area contributed by atoms with Gasteiger partial charge in [-0.2, -0.15) is 4.40 Å². The van der Waals surface area contributed by atoms with E-state index in [1.165, 1.54) is 11.3 Å².